The number of carbonyl (C=O) groups is 1. The molecule has 1 unspecified atom stereocenters. The van der Waals surface area contributed by atoms with Crippen LogP contribution < -0.4 is 10.6 Å². The van der Waals surface area contributed by atoms with Crippen LogP contribution >= 0.6 is 11.6 Å². The van der Waals surface area contributed by atoms with Crippen molar-refractivity contribution in [2.24, 2.45) is 0 Å². The van der Waals surface area contributed by atoms with E-state index in [-0.39, 0.29) is 33.6 Å². The number of amides is 1. The van der Waals surface area contributed by atoms with Gasteiger partial charge in [-0.2, -0.15) is 13.2 Å². The van der Waals surface area contributed by atoms with Gasteiger partial charge < -0.3 is 10.6 Å². The molecule has 0 saturated carbocycles. The Balaban J connectivity index is 1.70. The minimum Gasteiger partial charge on any atom is -0.364 e. The number of fused-ring (bicyclic) bond motifs is 3. The van der Waals surface area contributed by atoms with E-state index in [9.17, 15) is 31.5 Å². The fraction of sp³-hybridized carbons (Fsp3) is 0.0769. The minimum absolute atomic E-state index is 0.0143. The number of hydrogen-bond acceptors (Lipinski definition) is 4. The summed E-state index contributed by atoms with van der Waals surface area (Å²) in [6, 6.07) is 8.89. The van der Waals surface area contributed by atoms with Crippen molar-refractivity contribution in [2.75, 3.05) is 5.32 Å². The van der Waals surface area contributed by atoms with Crippen LogP contribution in [-0.2, 0) is 11.0 Å². The predicted molar refractivity (Wildman–Crippen MR) is 127 cm³/mol. The van der Waals surface area contributed by atoms with Crippen LogP contribution in [-0.4, -0.2) is 16.8 Å². The molecule has 0 bridgehead atoms. The highest BCUT2D eigenvalue weighted by Crippen LogP contribution is 2.45. The van der Waals surface area contributed by atoms with Gasteiger partial charge >= 0.3 is 6.18 Å². The fourth-order valence-corrected chi connectivity index (χ4v) is 4.55. The Bertz CT molecular complexity index is 1650. The first-order chi connectivity index (χ1) is 17.6. The first-order valence-corrected chi connectivity index (χ1v) is 11.0. The van der Waals surface area contributed by atoms with Gasteiger partial charge in [-0.1, -0.05) is 17.7 Å². The third-order valence-corrected chi connectivity index (χ3v) is 6.23. The Labute approximate surface area is 210 Å². The quantitative estimate of drug-likeness (QED) is 0.241. The molecular formula is C26H13ClF5N3O2. The normalized spacial score (nSPS) is 14.8. The zero-order valence-electron chi connectivity index (χ0n) is 18.4. The number of anilines is 1. The summed E-state index contributed by atoms with van der Waals surface area (Å²) in [7, 11) is 0. The number of halogens is 6. The van der Waals surface area contributed by atoms with E-state index in [1.165, 1.54) is 18.3 Å². The number of aromatic nitrogens is 1. The number of benzene rings is 3. The second-order valence-corrected chi connectivity index (χ2v) is 8.59. The number of pyridine rings is 1. The van der Waals surface area contributed by atoms with Crippen LogP contribution in [0, 0.1) is 11.6 Å². The van der Waals surface area contributed by atoms with E-state index in [2.05, 4.69) is 15.6 Å². The third-order valence-electron chi connectivity index (χ3n) is 5.88. The van der Waals surface area contributed by atoms with Gasteiger partial charge in [0.15, 0.2) is 5.94 Å². The standard InChI is InChI=1S/C26H13ClF5N3O2/c27-18-4-3-14(28)9-17(18)24-23-20(10-19-16(2-1-5-33-19)22(23)21(11-36)34-24)35-25(37)12-6-13(26(30,31)32)8-15(29)7-12/h1-10,24,34H,(H,35,37). The number of rotatable bonds is 3. The molecule has 5 nitrogen and oxygen atoms in total. The molecule has 1 aliphatic rings. The Morgan fingerprint density at radius 2 is 1.84 bits per heavy atom. The molecule has 4 aromatic rings. The molecule has 5 rings (SSSR count). The molecule has 0 saturated heterocycles. The van der Waals surface area contributed by atoms with Crippen LogP contribution in [0.3, 0.4) is 0 Å². The van der Waals surface area contributed by atoms with E-state index >= 15 is 0 Å². The van der Waals surface area contributed by atoms with E-state index in [0.29, 0.717) is 28.6 Å². The zero-order valence-corrected chi connectivity index (χ0v) is 19.1. The van der Waals surface area contributed by atoms with Crippen LogP contribution in [0.5, 0.6) is 0 Å². The summed E-state index contributed by atoms with van der Waals surface area (Å²) in [5.74, 6) is -1.11. The van der Waals surface area contributed by atoms with Crippen molar-refractivity contribution >= 4 is 45.7 Å². The molecule has 3 aromatic carbocycles. The topological polar surface area (TPSA) is 71.1 Å². The molecule has 11 heteroatoms. The SMILES string of the molecule is O=C=C1NC(c2cc(F)ccc2Cl)c2c(NC(=O)c3cc(F)cc(C(F)(F)F)c3)cc3ncccc3c21. The fourth-order valence-electron chi connectivity index (χ4n) is 4.33. The molecule has 37 heavy (non-hydrogen) atoms. The van der Waals surface area contributed by atoms with Crippen LogP contribution in [0.4, 0.5) is 27.6 Å². The van der Waals surface area contributed by atoms with Gasteiger partial charge in [0.2, 0.25) is 0 Å². The van der Waals surface area contributed by atoms with Gasteiger partial charge in [0.1, 0.15) is 17.3 Å². The third kappa shape index (κ3) is 4.41. The molecule has 0 spiro atoms. The first kappa shape index (κ1) is 24.4. The second kappa shape index (κ2) is 8.99. The molecule has 2 N–H and O–H groups in total. The van der Waals surface area contributed by atoms with E-state index in [4.69, 9.17) is 11.6 Å². The predicted octanol–water partition coefficient (Wildman–Crippen LogP) is 6.30. The van der Waals surface area contributed by atoms with Crippen LogP contribution in [0.25, 0.3) is 16.6 Å². The van der Waals surface area contributed by atoms with Crippen molar-refractivity contribution < 1.29 is 31.5 Å². The van der Waals surface area contributed by atoms with E-state index in [1.54, 1.807) is 18.1 Å². The number of nitrogens with one attached hydrogen (secondary N) is 2. The Kier molecular flexibility index (Phi) is 5.94. The van der Waals surface area contributed by atoms with Gasteiger partial charge in [-0.05, 0) is 48.5 Å². The van der Waals surface area contributed by atoms with Crippen molar-refractivity contribution in [3.05, 3.63) is 105 Å². The molecule has 1 amide bonds. The summed E-state index contributed by atoms with van der Waals surface area (Å²) in [6.45, 7) is 0. The maximum absolute atomic E-state index is 14.1. The van der Waals surface area contributed by atoms with Crippen LogP contribution in [0.15, 0.2) is 60.8 Å². The number of hydrogen-bond donors (Lipinski definition) is 2. The average Bonchev–Trinajstić information content (AvgIpc) is 3.25. The lowest BCUT2D eigenvalue weighted by molar-refractivity contribution is -0.137. The summed E-state index contributed by atoms with van der Waals surface area (Å²) in [5, 5.41) is 6.08. The van der Waals surface area contributed by atoms with E-state index < -0.39 is 40.9 Å². The van der Waals surface area contributed by atoms with Crippen molar-refractivity contribution in [1.29, 1.82) is 0 Å². The monoisotopic (exact) mass is 529 g/mol. The molecule has 1 atom stereocenters. The maximum atomic E-state index is 14.1. The molecule has 0 fully saturated rings. The number of alkyl halides is 3. The Morgan fingerprint density at radius 1 is 1.05 bits per heavy atom. The van der Waals surface area contributed by atoms with Crippen molar-refractivity contribution in [3.8, 4) is 0 Å². The highest BCUT2D eigenvalue weighted by atomic mass is 35.5. The summed E-state index contributed by atoms with van der Waals surface area (Å²) >= 11 is 6.32. The molecule has 186 valence electrons. The van der Waals surface area contributed by atoms with E-state index in [1.807, 2.05) is 0 Å². The van der Waals surface area contributed by atoms with Gasteiger partial charge in [-0.3, -0.25) is 9.78 Å². The van der Waals surface area contributed by atoms with Gasteiger partial charge in [0, 0.05) is 44.5 Å². The van der Waals surface area contributed by atoms with E-state index in [0.717, 1.165) is 12.1 Å². The van der Waals surface area contributed by atoms with Crippen LogP contribution in [0.1, 0.15) is 38.7 Å². The van der Waals surface area contributed by atoms with Gasteiger partial charge in [-0.15, -0.1) is 0 Å². The summed E-state index contributed by atoms with van der Waals surface area (Å²) < 4.78 is 67.6. The molecule has 2 heterocycles. The van der Waals surface area contributed by atoms with Crippen molar-refractivity contribution in [3.63, 3.8) is 0 Å². The molecule has 0 radical (unpaired) electrons. The number of carbonyl (C=O) groups excluding carboxylic acids is 2. The molecule has 1 aromatic heterocycles. The Morgan fingerprint density at radius 3 is 2.57 bits per heavy atom. The largest absolute Gasteiger partial charge is 0.416 e. The van der Waals surface area contributed by atoms with Crippen molar-refractivity contribution in [1.82, 2.24) is 10.3 Å². The summed E-state index contributed by atoms with van der Waals surface area (Å²) in [5.41, 5.74) is -0.723. The Hall–Kier alpha value is -4.27. The highest BCUT2D eigenvalue weighted by Gasteiger charge is 2.35. The lowest BCUT2D eigenvalue weighted by atomic mass is 9.93. The van der Waals surface area contributed by atoms with Crippen LogP contribution in [0.2, 0.25) is 5.02 Å². The van der Waals surface area contributed by atoms with Gasteiger partial charge in [0.05, 0.1) is 17.1 Å². The first-order valence-electron chi connectivity index (χ1n) is 10.6. The minimum atomic E-state index is -4.88. The van der Waals surface area contributed by atoms with Crippen molar-refractivity contribution in [2.45, 2.75) is 12.2 Å². The molecule has 1 aliphatic heterocycles. The van der Waals surface area contributed by atoms with Gasteiger partial charge in [-0.25, -0.2) is 13.6 Å². The van der Waals surface area contributed by atoms with Gasteiger partial charge in [0.25, 0.3) is 5.91 Å². The smallest absolute Gasteiger partial charge is 0.364 e. The second-order valence-electron chi connectivity index (χ2n) is 8.18. The summed E-state index contributed by atoms with van der Waals surface area (Å²) in [4.78, 5) is 29.2. The zero-order chi connectivity index (χ0) is 26.5. The lowest BCUT2D eigenvalue weighted by Crippen LogP contribution is -2.18. The molecule has 0 aliphatic carbocycles. The lowest BCUT2D eigenvalue weighted by Gasteiger charge is -2.19. The summed E-state index contributed by atoms with van der Waals surface area (Å²) in [6.07, 6.45) is -3.41. The number of nitrogens with zero attached hydrogens (tertiary/aromatic N) is 1. The molecular weight excluding hydrogens is 517 g/mol. The highest BCUT2D eigenvalue weighted by molar-refractivity contribution is 6.31. The maximum Gasteiger partial charge on any atom is 0.416 e. The average molecular weight is 530 g/mol.